The molecule has 1 aliphatic heterocycles. The summed E-state index contributed by atoms with van der Waals surface area (Å²) < 4.78 is 36.6. The maximum atomic E-state index is 12.9. The van der Waals surface area contributed by atoms with Gasteiger partial charge in [-0.1, -0.05) is 0 Å². The third-order valence-electron chi connectivity index (χ3n) is 4.58. The molecular formula is C21H31NO13. The zero-order chi connectivity index (χ0) is 26.9. The smallest absolute Gasteiger partial charge is 0.379 e. The van der Waals surface area contributed by atoms with Gasteiger partial charge in [0.2, 0.25) is 0 Å². The van der Waals surface area contributed by atoms with Crippen LogP contribution in [0.15, 0.2) is 0 Å². The number of nitrogens with two attached hydrogens (primary N) is 1. The third-order valence-corrected chi connectivity index (χ3v) is 4.58. The molecule has 1 unspecified atom stereocenters. The Morgan fingerprint density at radius 1 is 0.886 bits per heavy atom. The standard InChI is InChI=1S/C21H31NO13/c1-7-29-20(28)21(34-14(6)27)8-15(31-11(3)24)17(22)19(35-21)18(33-13(5)26)16(32-12(4)25)9-30-10(2)23/h15-19H,7-9,22H2,1-6H3/t15-,16+,17+,18+,19+,21?/m0/s1. The molecule has 14 heteroatoms. The Bertz CT molecular complexity index is 828. The minimum absolute atomic E-state index is 0.129. The normalized spacial score (nSPS) is 25.3. The van der Waals surface area contributed by atoms with Gasteiger partial charge in [-0.3, -0.25) is 24.0 Å². The summed E-state index contributed by atoms with van der Waals surface area (Å²) in [5, 5.41) is 0. The second-order valence-electron chi connectivity index (χ2n) is 7.60. The zero-order valence-electron chi connectivity index (χ0n) is 20.4. The van der Waals surface area contributed by atoms with Crippen molar-refractivity contribution in [2.24, 2.45) is 5.73 Å². The summed E-state index contributed by atoms with van der Waals surface area (Å²) in [7, 11) is 0. The summed E-state index contributed by atoms with van der Waals surface area (Å²) in [6.45, 7) is 6.04. The van der Waals surface area contributed by atoms with Crippen LogP contribution in [0.3, 0.4) is 0 Å². The first-order chi connectivity index (χ1) is 16.2. The van der Waals surface area contributed by atoms with Crippen LogP contribution in [0, 0.1) is 0 Å². The van der Waals surface area contributed by atoms with Gasteiger partial charge in [0.15, 0.2) is 12.2 Å². The molecule has 198 valence electrons. The van der Waals surface area contributed by atoms with Crippen molar-refractivity contribution in [3.05, 3.63) is 0 Å². The number of carbonyl (C=O) groups excluding carboxylic acids is 6. The lowest BCUT2D eigenvalue weighted by atomic mass is 9.88. The Morgan fingerprint density at radius 3 is 1.94 bits per heavy atom. The van der Waals surface area contributed by atoms with Crippen LogP contribution in [0.2, 0.25) is 0 Å². The highest BCUT2D eigenvalue weighted by atomic mass is 16.8. The molecule has 0 amide bonds. The van der Waals surface area contributed by atoms with Crippen molar-refractivity contribution in [2.75, 3.05) is 13.2 Å². The molecule has 0 aromatic carbocycles. The van der Waals surface area contributed by atoms with Gasteiger partial charge < -0.3 is 38.9 Å². The molecule has 6 atom stereocenters. The predicted octanol–water partition coefficient (Wildman–Crippen LogP) is -0.717. The molecule has 0 spiro atoms. The maximum absolute atomic E-state index is 12.9. The van der Waals surface area contributed by atoms with Crippen LogP contribution < -0.4 is 5.73 Å². The Balaban J connectivity index is 3.64. The molecule has 1 fully saturated rings. The lowest BCUT2D eigenvalue weighted by molar-refractivity contribution is -0.302. The van der Waals surface area contributed by atoms with E-state index >= 15 is 0 Å². The number of ether oxygens (including phenoxy) is 7. The molecule has 2 N–H and O–H groups in total. The van der Waals surface area contributed by atoms with Gasteiger partial charge in [-0.05, 0) is 6.92 Å². The highest BCUT2D eigenvalue weighted by Crippen LogP contribution is 2.36. The van der Waals surface area contributed by atoms with E-state index in [1.165, 1.54) is 6.92 Å². The molecule has 0 radical (unpaired) electrons. The molecule has 14 nitrogen and oxygen atoms in total. The summed E-state index contributed by atoms with van der Waals surface area (Å²) in [6.07, 6.45) is -6.50. The van der Waals surface area contributed by atoms with E-state index in [4.69, 9.17) is 38.9 Å². The maximum Gasteiger partial charge on any atom is 0.379 e. The summed E-state index contributed by atoms with van der Waals surface area (Å²) in [4.78, 5) is 71.6. The Labute approximate surface area is 201 Å². The van der Waals surface area contributed by atoms with E-state index in [1.807, 2.05) is 0 Å². The largest absolute Gasteiger partial charge is 0.462 e. The number of hydrogen-bond acceptors (Lipinski definition) is 14. The number of esters is 6. The lowest BCUT2D eigenvalue weighted by Crippen LogP contribution is -2.68. The van der Waals surface area contributed by atoms with Crippen LogP contribution in [-0.2, 0) is 61.9 Å². The van der Waals surface area contributed by atoms with Gasteiger partial charge >= 0.3 is 41.6 Å². The Morgan fingerprint density at radius 2 is 1.49 bits per heavy atom. The van der Waals surface area contributed by atoms with Gasteiger partial charge in [-0.15, -0.1) is 0 Å². The second kappa shape index (κ2) is 13.0. The molecule has 0 bridgehead atoms. The molecule has 35 heavy (non-hydrogen) atoms. The fraction of sp³-hybridized carbons (Fsp3) is 0.714. The van der Waals surface area contributed by atoms with Crippen LogP contribution in [0.25, 0.3) is 0 Å². The van der Waals surface area contributed by atoms with Crippen molar-refractivity contribution in [1.82, 2.24) is 0 Å². The van der Waals surface area contributed by atoms with Crippen LogP contribution in [0.1, 0.15) is 48.0 Å². The van der Waals surface area contributed by atoms with E-state index in [2.05, 4.69) is 0 Å². The number of hydrogen-bond donors (Lipinski definition) is 1. The van der Waals surface area contributed by atoms with Crippen LogP contribution in [0.5, 0.6) is 0 Å². The molecule has 0 aromatic rings. The second-order valence-corrected chi connectivity index (χ2v) is 7.60. The number of carbonyl (C=O) groups is 6. The highest BCUT2D eigenvalue weighted by molar-refractivity contribution is 5.82. The van der Waals surface area contributed by atoms with Crippen molar-refractivity contribution in [3.63, 3.8) is 0 Å². The third kappa shape index (κ3) is 8.79. The Kier molecular flexibility index (Phi) is 11.1. The van der Waals surface area contributed by atoms with Gasteiger partial charge in [0.1, 0.15) is 18.8 Å². The molecule has 1 rings (SSSR count). The van der Waals surface area contributed by atoms with Crippen molar-refractivity contribution in [2.45, 2.75) is 84.2 Å². The van der Waals surface area contributed by atoms with E-state index in [0.717, 1.165) is 34.6 Å². The fourth-order valence-electron chi connectivity index (χ4n) is 3.45. The molecule has 0 aliphatic carbocycles. The topological polar surface area (TPSA) is 193 Å². The van der Waals surface area contributed by atoms with Crippen molar-refractivity contribution in [3.8, 4) is 0 Å². The average molecular weight is 505 g/mol. The summed E-state index contributed by atoms with van der Waals surface area (Å²) in [6, 6.07) is -1.29. The lowest BCUT2D eigenvalue weighted by Gasteiger charge is -2.46. The van der Waals surface area contributed by atoms with E-state index in [0.29, 0.717) is 0 Å². The number of rotatable bonds is 10. The summed E-state index contributed by atoms with van der Waals surface area (Å²) >= 11 is 0. The first-order valence-electron chi connectivity index (χ1n) is 10.7. The minimum Gasteiger partial charge on any atom is -0.462 e. The van der Waals surface area contributed by atoms with Crippen LogP contribution in [0.4, 0.5) is 0 Å². The SMILES string of the molecule is CCOC(=O)C1(OC(C)=O)C[C@H](OC(C)=O)[C@@H](N)[C@H]([C@H](OC(C)=O)[C@@H](COC(C)=O)OC(C)=O)O1. The molecule has 1 heterocycles. The van der Waals surface area contributed by atoms with Gasteiger partial charge in [0.25, 0.3) is 0 Å². The fourth-order valence-corrected chi connectivity index (χ4v) is 3.45. The first kappa shape index (κ1) is 29.8. The van der Waals surface area contributed by atoms with Gasteiger partial charge in [-0.2, -0.15) is 0 Å². The zero-order valence-corrected chi connectivity index (χ0v) is 20.4. The minimum atomic E-state index is -2.46. The highest BCUT2D eigenvalue weighted by Gasteiger charge is 2.59. The van der Waals surface area contributed by atoms with E-state index in [-0.39, 0.29) is 6.61 Å². The molecule has 1 aliphatic rings. The van der Waals surface area contributed by atoms with E-state index in [1.54, 1.807) is 0 Å². The molecular weight excluding hydrogens is 474 g/mol. The Hall–Kier alpha value is -3.26. The predicted molar refractivity (Wildman–Crippen MR) is 112 cm³/mol. The van der Waals surface area contributed by atoms with E-state index in [9.17, 15) is 28.8 Å². The molecule has 1 saturated heterocycles. The first-order valence-corrected chi connectivity index (χ1v) is 10.7. The van der Waals surface area contributed by atoms with Crippen molar-refractivity contribution in [1.29, 1.82) is 0 Å². The quantitative estimate of drug-likeness (QED) is 0.289. The van der Waals surface area contributed by atoms with Crippen molar-refractivity contribution >= 4 is 35.8 Å². The van der Waals surface area contributed by atoms with Crippen LogP contribution in [-0.4, -0.2) is 85.3 Å². The summed E-state index contributed by atoms with van der Waals surface area (Å²) in [5.74, 6) is -7.79. The van der Waals surface area contributed by atoms with Crippen LogP contribution >= 0.6 is 0 Å². The van der Waals surface area contributed by atoms with Crippen molar-refractivity contribution < 1.29 is 61.9 Å². The molecule has 0 aromatic heterocycles. The average Bonchev–Trinajstić information content (AvgIpc) is 2.70. The summed E-state index contributed by atoms with van der Waals surface area (Å²) in [5.41, 5.74) is 6.26. The van der Waals surface area contributed by atoms with Gasteiger partial charge in [-0.25, -0.2) is 4.79 Å². The van der Waals surface area contributed by atoms with Gasteiger partial charge in [0.05, 0.1) is 19.1 Å². The monoisotopic (exact) mass is 505 g/mol. The van der Waals surface area contributed by atoms with Gasteiger partial charge in [0, 0.05) is 34.6 Å². The van der Waals surface area contributed by atoms with E-state index < -0.39 is 85.1 Å². The molecule has 0 saturated carbocycles.